The maximum atomic E-state index is 11.0. The molecular weight excluding hydrogens is 246 g/mol. The van der Waals surface area contributed by atoms with Gasteiger partial charge in [-0.05, 0) is 37.5 Å². The number of thiazole rings is 1. The number of aryl methyl sites for hydroxylation is 2. The number of carboxylic acid groups (broad SMARTS) is 1. The molecule has 0 aliphatic rings. The Balaban J connectivity index is 2.41. The van der Waals surface area contributed by atoms with Crippen molar-refractivity contribution in [2.75, 3.05) is 0 Å². The summed E-state index contributed by atoms with van der Waals surface area (Å²) in [4.78, 5) is 16.6. The van der Waals surface area contributed by atoms with Crippen LogP contribution in [-0.2, 0) is 6.42 Å². The zero-order valence-electron chi connectivity index (χ0n) is 10.4. The fourth-order valence-corrected chi connectivity index (χ4v) is 3.00. The Bertz CT molecular complexity index is 575. The van der Waals surface area contributed by atoms with Gasteiger partial charge in [-0.25, -0.2) is 9.78 Å². The zero-order chi connectivity index (χ0) is 13.1. The van der Waals surface area contributed by atoms with Crippen LogP contribution in [0.25, 0.3) is 10.4 Å². The van der Waals surface area contributed by atoms with Crippen LogP contribution in [0.3, 0.4) is 0 Å². The predicted octanol–water partition coefficient (Wildman–Crippen LogP) is 3.77. The summed E-state index contributed by atoms with van der Waals surface area (Å²) in [5.74, 6) is -0.896. The van der Waals surface area contributed by atoms with Crippen LogP contribution < -0.4 is 0 Å². The minimum atomic E-state index is -0.896. The van der Waals surface area contributed by atoms with Gasteiger partial charge in [0, 0.05) is 0 Å². The normalized spacial score (nSPS) is 10.6. The number of aromatic nitrogens is 1. The Morgan fingerprint density at radius 2 is 2.22 bits per heavy atom. The molecule has 0 amide bonds. The van der Waals surface area contributed by atoms with Crippen molar-refractivity contribution < 1.29 is 9.90 Å². The minimum absolute atomic E-state index is 0.317. The molecule has 1 N–H and O–H groups in total. The number of hydrogen-bond donors (Lipinski definition) is 1. The second-order valence-corrected chi connectivity index (χ2v) is 5.24. The first-order valence-electron chi connectivity index (χ1n) is 5.92. The van der Waals surface area contributed by atoms with Crippen molar-refractivity contribution in [2.45, 2.75) is 26.7 Å². The van der Waals surface area contributed by atoms with Gasteiger partial charge in [0.15, 0.2) is 0 Å². The summed E-state index contributed by atoms with van der Waals surface area (Å²) in [6, 6.07) is 7.02. The highest BCUT2D eigenvalue weighted by Gasteiger charge is 2.11. The van der Waals surface area contributed by atoms with Gasteiger partial charge < -0.3 is 5.11 Å². The molecule has 0 saturated heterocycles. The molecule has 0 radical (unpaired) electrons. The van der Waals surface area contributed by atoms with Crippen molar-refractivity contribution in [1.82, 2.24) is 4.98 Å². The van der Waals surface area contributed by atoms with Gasteiger partial charge in [-0.2, -0.15) is 0 Å². The highest BCUT2D eigenvalue weighted by atomic mass is 32.1. The molecule has 0 atom stereocenters. The van der Waals surface area contributed by atoms with Crippen molar-refractivity contribution in [3.05, 3.63) is 40.5 Å². The lowest BCUT2D eigenvalue weighted by Gasteiger charge is -2.00. The summed E-state index contributed by atoms with van der Waals surface area (Å²) >= 11 is 1.65. The molecule has 2 aromatic rings. The van der Waals surface area contributed by atoms with Crippen molar-refractivity contribution in [3.63, 3.8) is 0 Å². The minimum Gasteiger partial charge on any atom is -0.478 e. The molecule has 2 rings (SSSR count). The van der Waals surface area contributed by atoms with Crippen LogP contribution >= 0.6 is 11.3 Å². The lowest BCUT2D eigenvalue weighted by Crippen LogP contribution is -1.95. The largest absolute Gasteiger partial charge is 0.478 e. The Labute approximate surface area is 110 Å². The van der Waals surface area contributed by atoms with E-state index in [1.807, 2.05) is 13.0 Å². The second kappa shape index (κ2) is 5.31. The number of aromatic carboxylic acids is 1. The van der Waals surface area contributed by atoms with E-state index in [0.717, 1.165) is 34.0 Å². The second-order valence-electron chi connectivity index (χ2n) is 4.16. The van der Waals surface area contributed by atoms with Gasteiger partial charge in [0.25, 0.3) is 0 Å². The average molecular weight is 261 g/mol. The van der Waals surface area contributed by atoms with Crippen LogP contribution in [0.4, 0.5) is 0 Å². The molecule has 0 aliphatic carbocycles. The van der Waals surface area contributed by atoms with Crippen molar-refractivity contribution in [1.29, 1.82) is 0 Å². The highest BCUT2D eigenvalue weighted by Crippen LogP contribution is 2.31. The van der Waals surface area contributed by atoms with Crippen LogP contribution in [0.5, 0.6) is 0 Å². The van der Waals surface area contributed by atoms with E-state index in [2.05, 4.69) is 11.9 Å². The first-order valence-corrected chi connectivity index (χ1v) is 6.73. The zero-order valence-corrected chi connectivity index (χ0v) is 11.3. The van der Waals surface area contributed by atoms with Crippen LogP contribution in [-0.4, -0.2) is 16.1 Å². The van der Waals surface area contributed by atoms with Crippen LogP contribution in [0.1, 0.15) is 34.4 Å². The van der Waals surface area contributed by atoms with Crippen LogP contribution in [0.15, 0.2) is 24.3 Å². The maximum absolute atomic E-state index is 11.0. The Morgan fingerprint density at radius 1 is 1.44 bits per heavy atom. The van der Waals surface area contributed by atoms with Crippen molar-refractivity contribution in [2.24, 2.45) is 0 Å². The highest BCUT2D eigenvalue weighted by molar-refractivity contribution is 7.15. The molecule has 0 fully saturated rings. The number of hydrogen-bond acceptors (Lipinski definition) is 3. The fourth-order valence-electron chi connectivity index (χ4n) is 1.83. The number of rotatable bonds is 4. The average Bonchev–Trinajstić information content (AvgIpc) is 2.71. The molecule has 18 heavy (non-hydrogen) atoms. The van der Waals surface area contributed by atoms with Gasteiger partial charge in [-0.15, -0.1) is 11.3 Å². The summed E-state index contributed by atoms with van der Waals surface area (Å²) in [6.07, 6.45) is 2.05. The summed E-state index contributed by atoms with van der Waals surface area (Å²) in [5.41, 5.74) is 2.23. The molecule has 0 unspecified atom stereocenters. The lowest BCUT2D eigenvalue weighted by atomic mass is 10.1. The molecule has 0 spiro atoms. The van der Waals surface area contributed by atoms with Gasteiger partial charge in [0.05, 0.1) is 21.1 Å². The standard InChI is InChI=1S/C14H15NO2S/c1-3-5-12-15-9(2)13(18-12)10-6-4-7-11(8-10)14(16)17/h4,6-8H,3,5H2,1-2H3,(H,16,17). The third kappa shape index (κ3) is 2.59. The Kier molecular flexibility index (Phi) is 3.77. The van der Waals surface area contributed by atoms with E-state index < -0.39 is 5.97 Å². The lowest BCUT2D eigenvalue weighted by molar-refractivity contribution is 0.0697. The SMILES string of the molecule is CCCc1nc(C)c(-c2cccc(C(=O)O)c2)s1. The quantitative estimate of drug-likeness (QED) is 0.911. The first-order chi connectivity index (χ1) is 8.61. The number of nitrogens with zero attached hydrogens (tertiary/aromatic N) is 1. The summed E-state index contributed by atoms with van der Waals surface area (Å²) < 4.78 is 0. The van der Waals surface area contributed by atoms with Crippen molar-refractivity contribution in [3.8, 4) is 10.4 Å². The molecule has 1 aromatic carbocycles. The van der Waals surface area contributed by atoms with E-state index in [1.165, 1.54) is 0 Å². The number of carboxylic acids is 1. The molecule has 0 bridgehead atoms. The van der Waals surface area contributed by atoms with E-state index in [9.17, 15) is 4.79 Å². The van der Waals surface area contributed by atoms with E-state index in [-0.39, 0.29) is 0 Å². The summed E-state index contributed by atoms with van der Waals surface area (Å²) in [7, 11) is 0. The molecule has 1 heterocycles. The maximum Gasteiger partial charge on any atom is 0.335 e. The molecule has 0 aliphatic heterocycles. The molecule has 1 aromatic heterocycles. The van der Waals surface area contributed by atoms with Gasteiger partial charge in [0.1, 0.15) is 0 Å². The smallest absolute Gasteiger partial charge is 0.335 e. The van der Waals surface area contributed by atoms with E-state index in [4.69, 9.17) is 5.11 Å². The van der Waals surface area contributed by atoms with Gasteiger partial charge in [0.2, 0.25) is 0 Å². The van der Waals surface area contributed by atoms with E-state index >= 15 is 0 Å². The van der Waals surface area contributed by atoms with Gasteiger partial charge >= 0.3 is 5.97 Å². The number of benzene rings is 1. The van der Waals surface area contributed by atoms with Gasteiger partial charge in [-0.3, -0.25) is 0 Å². The first kappa shape index (κ1) is 12.8. The van der Waals surface area contributed by atoms with Gasteiger partial charge in [-0.1, -0.05) is 19.1 Å². The monoisotopic (exact) mass is 261 g/mol. The molecule has 3 nitrogen and oxygen atoms in total. The number of carbonyl (C=O) groups is 1. The summed E-state index contributed by atoms with van der Waals surface area (Å²) in [5, 5.41) is 10.1. The fraction of sp³-hybridized carbons (Fsp3) is 0.286. The van der Waals surface area contributed by atoms with E-state index in [0.29, 0.717) is 5.56 Å². The van der Waals surface area contributed by atoms with Crippen molar-refractivity contribution >= 4 is 17.3 Å². The molecule has 0 saturated carbocycles. The van der Waals surface area contributed by atoms with Crippen LogP contribution in [0.2, 0.25) is 0 Å². The van der Waals surface area contributed by atoms with Crippen LogP contribution in [0, 0.1) is 6.92 Å². The van der Waals surface area contributed by atoms with E-state index in [1.54, 1.807) is 29.5 Å². The predicted molar refractivity (Wildman–Crippen MR) is 73.2 cm³/mol. The third-order valence-electron chi connectivity index (χ3n) is 2.68. The summed E-state index contributed by atoms with van der Waals surface area (Å²) in [6.45, 7) is 4.10. The Hall–Kier alpha value is -1.68. The Morgan fingerprint density at radius 3 is 2.89 bits per heavy atom. The molecular formula is C14H15NO2S. The third-order valence-corrected chi connectivity index (χ3v) is 3.94. The molecule has 94 valence electrons. The molecule has 4 heteroatoms. The topological polar surface area (TPSA) is 50.2 Å².